The Balaban J connectivity index is 1.36. The minimum atomic E-state index is -1.52. The van der Waals surface area contributed by atoms with Crippen LogP contribution in [-0.4, -0.2) is 72.3 Å². The number of fused-ring (bicyclic) bond motifs is 4. The number of likely N-dealkylation sites (N-methyl/N-ethyl adjacent to an activating group) is 1. The largest absolute Gasteiger partial charge is 0.490 e. The van der Waals surface area contributed by atoms with E-state index in [1.165, 1.54) is 11.1 Å². The van der Waals surface area contributed by atoms with Crippen molar-refractivity contribution >= 4 is 34.2 Å². The Bertz CT molecular complexity index is 1500. The second-order valence-corrected chi connectivity index (χ2v) is 16.8. The number of hydrogen-bond donors (Lipinski definition) is 1. The van der Waals surface area contributed by atoms with Crippen LogP contribution in [-0.2, 0) is 27.6 Å². The van der Waals surface area contributed by atoms with Crippen LogP contribution >= 0.6 is 11.6 Å². The number of amides is 1. The Labute approximate surface area is 289 Å². The maximum absolute atomic E-state index is 13.5. The van der Waals surface area contributed by atoms with Gasteiger partial charge in [-0.1, -0.05) is 36.7 Å². The van der Waals surface area contributed by atoms with Crippen LogP contribution in [0, 0.1) is 17.8 Å². The van der Waals surface area contributed by atoms with Crippen molar-refractivity contribution in [2.24, 2.45) is 17.8 Å². The molecule has 7 nitrogen and oxygen atoms in total. The number of carbonyl (C=O) groups is 1. The number of nitrogens with zero attached hydrogens (tertiary/aromatic N) is 2. The van der Waals surface area contributed by atoms with Gasteiger partial charge in [-0.25, -0.2) is 4.21 Å². The monoisotopic (exact) mass is 681 g/mol. The smallest absolute Gasteiger partial charge is 0.263 e. The van der Waals surface area contributed by atoms with Crippen LogP contribution < -0.4 is 14.4 Å². The van der Waals surface area contributed by atoms with Crippen molar-refractivity contribution in [3.8, 4) is 5.75 Å². The van der Waals surface area contributed by atoms with E-state index < -0.39 is 11.0 Å². The van der Waals surface area contributed by atoms with Gasteiger partial charge in [0, 0.05) is 41.7 Å². The highest BCUT2D eigenvalue weighted by Gasteiger charge is 2.44. The first kappa shape index (κ1) is 34.5. The van der Waals surface area contributed by atoms with Gasteiger partial charge in [-0.3, -0.25) is 9.52 Å². The summed E-state index contributed by atoms with van der Waals surface area (Å²) in [6, 6.07) is 12.5. The van der Waals surface area contributed by atoms with Crippen LogP contribution in [0.5, 0.6) is 5.75 Å². The first-order chi connectivity index (χ1) is 22.5. The van der Waals surface area contributed by atoms with Gasteiger partial charge in [-0.2, -0.15) is 0 Å². The molecule has 9 heteroatoms. The van der Waals surface area contributed by atoms with Crippen LogP contribution in [0.25, 0.3) is 0 Å². The highest BCUT2D eigenvalue weighted by atomic mass is 35.5. The molecule has 1 saturated carbocycles. The van der Waals surface area contributed by atoms with E-state index in [9.17, 15) is 9.00 Å². The lowest BCUT2D eigenvalue weighted by Crippen LogP contribution is -2.50. The molecular weight excluding hydrogens is 630 g/mol. The maximum Gasteiger partial charge on any atom is 0.263 e. The van der Waals surface area contributed by atoms with Crippen LogP contribution in [0.2, 0.25) is 5.02 Å². The lowest BCUT2D eigenvalue weighted by molar-refractivity contribution is -0.0210. The topological polar surface area (TPSA) is 71.1 Å². The molecule has 2 bridgehead atoms. The Hall–Kier alpha value is -2.39. The summed E-state index contributed by atoms with van der Waals surface area (Å²) in [7, 11) is 0.631. The van der Waals surface area contributed by atoms with Gasteiger partial charge in [0.05, 0.1) is 30.3 Å². The summed E-state index contributed by atoms with van der Waals surface area (Å²) in [5.41, 5.74) is 3.89. The zero-order valence-corrected chi connectivity index (χ0v) is 30.2. The van der Waals surface area contributed by atoms with Gasteiger partial charge in [0.25, 0.3) is 5.91 Å². The second-order valence-electron chi connectivity index (χ2n) is 14.8. The molecule has 0 saturated heterocycles. The first-order valence-corrected chi connectivity index (χ1v) is 19.1. The van der Waals surface area contributed by atoms with Gasteiger partial charge in [-0.15, -0.1) is 0 Å². The minimum absolute atomic E-state index is 0.0236. The van der Waals surface area contributed by atoms with E-state index in [2.05, 4.69) is 66.6 Å². The van der Waals surface area contributed by atoms with E-state index >= 15 is 0 Å². The lowest BCUT2D eigenvalue weighted by Gasteiger charge is -2.46. The SMILES string of the molecule is CC1C/C=C/C(OCCN(C)C(C)C)C2CCC2CN2C[C@@]3(CCCc4cc(Cl)ccc43)COc3ccc(cc32)C(=O)NS(=O)C1C. The van der Waals surface area contributed by atoms with E-state index in [4.69, 9.17) is 21.1 Å². The maximum atomic E-state index is 13.5. The number of halogens is 1. The van der Waals surface area contributed by atoms with Crippen molar-refractivity contribution in [2.45, 2.75) is 89.0 Å². The molecule has 47 heavy (non-hydrogen) atoms. The summed E-state index contributed by atoms with van der Waals surface area (Å²) in [5, 5.41) is 0.573. The fraction of sp³-hybridized carbons (Fsp3) is 0.605. The standard InChI is InChI=1S/C38H52ClN3O4S/c1-25(2)41(5)18-19-45-35-10-6-8-26(3)27(4)47(44)40-37(43)29-12-16-36-34(21-29)42(22-30-11-14-32(30)35)23-38(24-46-36)17-7-9-28-20-31(39)13-15-33(28)38/h6,10,12-13,15-16,20-21,25-27,30,32,35H,7-9,11,14,17-19,22-24H2,1-5H3,(H,40,43)/b10-6+/t26?,27?,30?,32?,35?,38-,47?/m0/s1. The molecule has 0 radical (unpaired) electrons. The average Bonchev–Trinajstić information content (AvgIpc) is 3.18. The third-order valence-corrected chi connectivity index (χ3v) is 13.2. The number of aryl methyl sites for hydroxylation is 1. The normalized spacial score (nSPS) is 31.7. The minimum Gasteiger partial charge on any atom is -0.490 e. The molecule has 7 atom stereocenters. The van der Waals surface area contributed by atoms with Gasteiger partial charge in [0.15, 0.2) is 0 Å². The summed E-state index contributed by atoms with van der Waals surface area (Å²) < 4.78 is 29.5. The summed E-state index contributed by atoms with van der Waals surface area (Å²) in [4.78, 5) is 18.3. The van der Waals surface area contributed by atoms with E-state index in [1.54, 1.807) is 6.07 Å². The highest BCUT2D eigenvalue weighted by Crippen LogP contribution is 2.47. The van der Waals surface area contributed by atoms with Crippen molar-refractivity contribution in [3.05, 3.63) is 70.3 Å². The van der Waals surface area contributed by atoms with Gasteiger partial charge < -0.3 is 19.3 Å². The lowest BCUT2D eigenvalue weighted by atomic mass is 9.68. The molecule has 0 aromatic heterocycles. The van der Waals surface area contributed by atoms with E-state index in [0.717, 1.165) is 74.6 Å². The van der Waals surface area contributed by atoms with E-state index in [1.807, 2.05) is 25.1 Å². The number of carbonyl (C=O) groups excluding carboxylic acids is 1. The van der Waals surface area contributed by atoms with Gasteiger partial charge in [0.1, 0.15) is 16.7 Å². The molecule has 1 amide bonds. The zero-order valence-electron chi connectivity index (χ0n) is 28.7. The molecule has 2 aromatic carbocycles. The van der Waals surface area contributed by atoms with Crippen LogP contribution in [0.3, 0.4) is 0 Å². The molecule has 256 valence electrons. The van der Waals surface area contributed by atoms with Crippen LogP contribution in [0.1, 0.15) is 81.3 Å². The van der Waals surface area contributed by atoms with Crippen LogP contribution in [0.15, 0.2) is 48.6 Å². The summed E-state index contributed by atoms with van der Waals surface area (Å²) >= 11 is 6.47. The second kappa shape index (κ2) is 14.6. The number of anilines is 1. The Morgan fingerprint density at radius 3 is 2.79 bits per heavy atom. The van der Waals surface area contributed by atoms with Crippen molar-refractivity contribution < 1.29 is 18.5 Å². The number of rotatable bonds is 5. The van der Waals surface area contributed by atoms with Crippen molar-refractivity contribution in [3.63, 3.8) is 0 Å². The van der Waals surface area contributed by atoms with Crippen molar-refractivity contribution in [1.29, 1.82) is 0 Å². The highest BCUT2D eigenvalue weighted by molar-refractivity contribution is 7.84. The molecule has 1 spiro atoms. The van der Waals surface area contributed by atoms with Crippen LogP contribution in [0.4, 0.5) is 5.69 Å². The molecule has 6 rings (SSSR count). The summed E-state index contributed by atoms with van der Waals surface area (Å²) in [6.07, 6.45) is 10.7. The number of allylic oxidation sites excluding steroid dienone is 1. The number of nitrogens with one attached hydrogen (secondary N) is 1. The number of benzene rings is 2. The molecule has 2 aliphatic carbocycles. The Morgan fingerprint density at radius 1 is 1.19 bits per heavy atom. The fourth-order valence-electron chi connectivity index (χ4n) is 7.78. The quantitative estimate of drug-likeness (QED) is 0.345. The predicted octanol–water partition coefficient (Wildman–Crippen LogP) is 6.94. The fourth-order valence-corrected chi connectivity index (χ4v) is 8.99. The summed E-state index contributed by atoms with van der Waals surface area (Å²) in [5.74, 6) is 1.45. The predicted molar refractivity (Wildman–Crippen MR) is 192 cm³/mol. The molecule has 4 aliphatic rings. The molecule has 2 heterocycles. The average molecular weight is 682 g/mol. The molecule has 2 aliphatic heterocycles. The molecule has 1 N–H and O–H groups in total. The molecule has 6 unspecified atom stereocenters. The van der Waals surface area contributed by atoms with Gasteiger partial charge in [0.2, 0.25) is 0 Å². The van der Waals surface area contributed by atoms with E-state index in [0.29, 0.717) is 36.7 Å². The molecule has 1 fully saturated rings. The zero-order chi connectivity index (χ0) is 33.3. The Morgan fingerprint density at radius 2 is 2.02 bits per heavy atom. The Kier molecular flexibility index (Phi) is 10.7. The summed E-state index contributed by atoms with van der Waals surface area (Å²) in [6.45, 7) is 12.3. The molecule has 2 aromatic rings. The van der Waals surface area contributed by atoms with Gasteiger partial charge in [-0.05, 0) is 126 Å². The van der Waals surface area contributed by atoms with Crippen molar-refractivity contribution in [1.82, 2.24) is 9.62 Å². The number of ether oxygens (including phenoxy) is 2. The van der Waals surface area contributed by atoms with E-state index in [-0.39, 0.29) is 28.6 Å². The van der Waals surface area contributed by atoms with Gasteiger partial charge >= 0.3 is 0 Å². The third kappa shape index (κ3) is 7.46. The molecular formula is C38H52ClN3O4S. The first-order valence-electron chi connectivity index (χ1n) is 17.6. The van der Waals surface area contributed by atoms with Crippen molar-refractivity contribution in [2.75, 3.05) is 44.8 Å². The third-order valence-electron chi connectivity index (χ3n) is 11.5. The number of hydrogen-bond acceptors (Lipinski definition) is 6.